The van der Waals surface area contributed by atoms with Gasteiger partial charge in [-0.15, -0.1) is 0 Å². The summed E-state index contributed by atoms with van der Waals surface area (Å²) in [5, 5.41) is 13.6. The van der Waals surface area contributed by atoms with E-state index in [0.29, 0.717) is 0 Å². The van der Waals surface area contributed by atoms with Gasteiger partial charge in [0.05, 0.1) is 6.10 Å². The molecule has 88 valence electrons. The van der Waals surface area contributed by atoms with Crippen molar-refractivity contribution < 1.29 is 5.11 Å². The Hall–Kier alpha value is -0.0800. The van der Waals surface area contributed by atoms with E-state index in [2.05, 4.69) is 5.32 Å². The van der Waals surface area contributed by atoms with E-state index >= 15 is 0 Å². The summed E-state index contributed by atoms with van der Waals surface area (Å²) < 4.78 is 0. The SMILES string of the molecule is CC(O)C1(C2CCCCC2)CCNCC1. The van der Waals surface area contributed by atoms with Crippen molar-refractivity contribution in [2.75, 3.05) is 13.1 Å². The molecule has 1 atom stereocenters. The van der Waals surface area contributed by atoms with E-state index in [9.17, 15) is 5.11 Å². The molecular formula is C13H25NO. The third kappa shape index (κ3) is 2.21. The highest BCUT2D eigenvalue weighted by molar-refractivity contribution is 4.94. The van der Waals surface area contributed by atoms with Gasteiger partial charge >= 0.3 is 0 Å². The van der Waals surface area contributed by atoms with Crippen molar-refractivity contribution in [3.63, 3.8) is 0 Å². The summed E-state index contributed by atoms with van der Waals surface area (Å²) in [6.07, 6.45) is 9.10. The Labute approximate surface area is 93.5 Å². The molecule has 1 aliphatic carbocycles. The minimum Gasteiger partial charge on any atom is -0.393 e. The van der Waals surface area contributed by atoms with Gasteiger partial charge in [0, 0.05) is 5.41 Å². The first-order valence-corrected chi connectivity index (χ1v) is 6.64. The smallest absolute Gasteiger partial charge is 0.0571 e. The van der Waals surface area contributed by atoms with Crippen molar-refractivity contribution >= 4 is 0 Å². The molecule has 2 aliphatic rings. The molecule has 0 aromatic heterocycles. The minimum atomic E-state index is -0.123. The molecule has 15 heavy (non-hydrogen) atoms. The van der Waals surface area contributed by atoms with Crippen LogP contribution in [0, 0.1) is 11.3 Å². The first-order valence-electron chi connectivity index (χ1n) is 6.64. The van der Waals surface area contributed by atoms with Crippen LogP contribution >= 0.6 is 0 Å². The van der Waals surface area contributed by atoms with Crippen molar-refractivity contribution in [2.45, 2.75) is 58.0 Å². The average Bonchev–Trinajstić information content (AvgIpc) is 2.31. The van der Waals surface area contributed by atoms with Gasteiger partial charge in [-0.1, -0.05) is 19.3 Å². The topological polar surface area (TPSA) is 32.3 Å². The van der Waals surface area contributed by atoms with E-state index in [1.165, 1.54) is 44.9 Å². The second kappa shape index (κ2) is 4.84. The van der Waals surface area contributed by atoms with Crippen LogP contribution in [0.15, 0.2) is 0 Å². The largest absolute Gasteiger partial charge is 0.393 e. The summed E-state index contributed by atoms with van der Waals surface area (Å²) in [5.74, 6) is 0.786. The third-order valence-corrected chi connectivity index (χ3v) is 4.78. The Morgan fingerprint density at radius 3 is 2.27 bits per heavy atom. The molecule has 0 spiro atoms. The summed E-state index contributed by atoms with van der Waals surface area (Å²) >= 11 is 0. The minimum absolute atomic E-state index is 0.123. The molecule has 0 aromatic carbocycles. The van der Waals surface area contributed by atoms with Crippen molar-refractivity contribution in [3.8, 4) is 0 Å². The van der Waals surface area contributed by atoms with Gasteiger partial charge in [-0.25, -0.2) is 0 Å². The van der Waals surface area contributed by atoms with Crippen LogP contribution < -0.4 is 5.32 Å². The Morgan fingerprint density at radius 1 is 1.13 bits per heavy atom. The lowest BCUT2D eigenvalue weighted by Crippen LogP contribution is -2.48. The van der Waals surface area contributed by atoms with Crippen LogP contribution in [-0.2, 0) is 0 Å². The Balaban J connectivity index is 2.09. The monoisotopic (exact) mass is 211 g/mol. The van der Waals surface area contributed by atoms with Gasteiger partial charge in [0.2, 0.25) is 0 Å². The predicted molar refractivity (Wildman–Crippen MR) is 62.8 cm³/mol. The van der Waals surface area contributed by atoms with Gasteiger partial charge < -0.3 is 10.4 Å². The molecule has 2 rings (SSSR count). The lowest BCUT2D eigenvalue weighted by atomic mass is 9.61. The van der Waals surface area contributed by atoms with Crippen LogP contribution in [0.4, 0.5) is 0 Å². The van der Waals surface area contributed by atoms with Crippen LogP contribution in [0.2, 0.25) is 0 Å². The van der Waals surface area contributed by atoms with Crippen LogP contribution in [-0.4, -0.2) is 24.3 Å². The molecule has 2 heteroatoms. The third-order valence-electron chi connectivity index (χ3n) is 4.78. The van der Waals surface area contributed by atoms with Crippen molar-refractivity contribution in [1.29, 1.82) is 0 Å². The first-order chi connectivity index (χ1) is 7.26. The van der Waals surface area contributed by atoms with Gasteiger partial charge in [-0.05, 0) is 51.6 Å². The fourth-order valence-electron chi connectivity index (χ4n) is 3.74. The summed E-state index contributed by atoms with van der Waals surface area (Å²) in [4.78, 5) is 0. The standard InChI is InChI=1S/C13H25NO/c1-11(15)13(7-9-14-10-8-13)12-5-3-2-4-6-12/h11-12,14-15H,2-10H2,1H3. The highest BCUT2D eigenvalue weighted by atomic mass is 16.3. The van der Waals surface area contributed by atoms with Crippen LogP contribution in [0.3, 0.4) is 0 Å². The molecule has 0 amide bonds. The molecule has 0 radical (unpaired) electrons. The van der Waals surface area contributed by atoms with Crippen molar-refractivity contribution in [1.82, 2.24) is 5.32 Å². The fourth-order valence-corrected chi connectivity index (χ4v) is 3.74. The van der Waals surface area contributed by atoms with E-state index in [0.717, 1.165) is 19.0 Å². The fraction of sp³-hybridized carbons (Fsp3) is 1.00. The molecule has 2 N–H and O–H groups in total. The molecule has 1 aliphatic heterocycles. The lowest BCUT2D eigenvalue weighted by Gasteiger charge is -2.47. The van der Waals surface area contributed by atoms with E-state index in [-0.39, 0.29) is 11.5 Å². The summed E-state index contributed by atoms with van der Waals surface area (Å²) in [5.41, 5.74) is 0.242. The van der Waals surface area contributed by atoms with Gasteiger partial charge in [-0.3, -0.25) is 0 Å². The number of aliphatic hydroxyl groups excluding tert-OH is 1. The van der Waals surface area contributed by atoms with Crippen LogP contribution in [0.25, 0.3) is 0 Å². The van der Waals surface area contributed by atoms with E-state index in [4.69, 9.17) is 0 Å². The maximum absolute atomic E-state index is 10.2. The molecule has 0 bridgehead atoms. The van der Waals surface area contributed by atoms with Crippen LogP contribution in [0.5, 0.6) is 0 Å². The number of hydrogen-bond donors (Lipinski definition) is 2. The average molecular weight is 211 g/mol. The predicted octanol–water partition coefficient (Wildman–Crippen LogP) is 2.32. The van der Waals surface area contributed by atoms with Crippen molar-refractivity contribution in [2.24, 2.45) is 11.3 Å². The molecular weight excluding hydrogens is 186 g/mol. The molecule has 1 unspecified atom stereocenters. The van der Waals surface area contributed by atoms with Crippen molar-refractivity contribution in [3.05, 3.63) is 0 Å². The number of rotatable bonds is 2. The Kier molecular flexibility index (Phi) is 3.68. The summed E-state index contributed by atoms with van der Waals surface area (Å²) in [6, 6.07) is 0. The van der Waals surface area contributed by atoms with Gasteiger partial charge in [-0.2, -0.15) is 0 Å². The normalized spacial score (nSPS) is 30.0. The summed E-state index contributed by atoms with van der Waals surface area (Å²) in [6.45, 7) is 4.21. The van der Waals surface area contributed by atoms with Gasteiger partial charge in [0.25, 0.3) is 0 Å². The maximum Gasteiger partial charge on any atom is 0.0571 e. The zero-order valence-corrected chi connectivity index (χ0v) is 9.97. The number of nitrogens with one attached hydrogen (secondary N) is 1. The van der Waals surface area contributed by atoms with E-state index in [1.54, 1.807) is 0 Å². The second-order valence-electron chi connectivity index (χ2n) is 5.49. The molecule has 1 heterocycles. The number of piperidine rings is 1. The van der Waals surface area contributed by atoms with Gasteiger partial charge in [0.15, 0.2) is 0 Å². The first kappa shape index (κ1) is 11.4. The van der Waals surface area contributed by atoms with E-state index < -0.39 is 0 Å². The number of aliphatic hydroxyl groups is 1. The molecule has 2 fully saturated rings. The van der Waals surface area contributed by atoms with Crippen LogP contribution in [0.1, 0.15) is 51.9 Å². The maximum atomic E-state index is 10.2. The quantitative estimate of drug-likeness (QED) is 0.734. The molecule has 1 saturated carbocycles. The number of hydrogen-bond acceptors (Lipinski definition) is 2. The summed E-state index contributed by atoms with van der Waals surface area (Å²) in [7, 11) is 0. The second-order valence-corrected chi connectivity index (χ2v) is 5.49. The Morgan fingerprint density at radius 2 is 1.73 bits per heavy atom. The zero-order valence-electron chi connectivity index (χ0n) is 9.97. The highest BCUT2D eigenvalue weighted by Gasteiger charge is 2.43. The Bertz CT molecular complexity index is 191. The van der Waals surface area contributed by atoms with E-state index in [1.807, 2.05) is 6.92 Å². The molecule has 0 aromatic rings. The lowest BCUT2D eigenvalue weighted by molar-refractivity contribution is -0.0447. The molecule has 2 nitrogen and oxygen atoms in total. The highest BCUT2D eigenvalue weighted by Crippen LogP contribution is 2.46. The van der Waals surface area contributed by atoms with Gasteiger partial charge in [0.1, 0.15) is 0 Å². The molecule has 1 saturated heterocycles. The zero-order chi connectivity index (χ0) is 10.7.